The monoisotopic (exact) mass is 302 g/mol. The Morgan fingerprint density at radius 2 is 2.05 bits per heavy atom. The van der Waals surface area contributed by atoms with E-state index < -0.39 is 6.09 Å². The van der Waals surface area contributed by atoms with Gasteiger partial charge in [0.15, 0.2) is 0 Å². The predicted molar refractivity (Wildman–Crippen MR) is 86.0 cm³/mol. The van der Waals surface area contributed by atoms with Crippen LogP contribution in [0.1, 0.15) is 24.4 Å². The largest absolute Gasteiger partial charge is 0.450 e. The van der Waals surface area contributed by atoms with Crippen LogP contribution in [0.3, 0.4) is 0 Å². The molecule has 22 heavy (non-hydrogen) atoms. The van der Waals surface area contributed by atoms with Crippen LogP contribution in [0.25, 0.3) is 0 Å². The third kappa shape index (κ3) is 3.58. The van der Waals surface area contributed by atoms with Crippen LogP contribution in [0.5, 0.6) is 0 Å². The van der Waals surface area contributed by atoms with Gasteiger partial charge in [-0.1, -0.05) is 12.1 Å². The van der Waals surface area contributed by atoms with Crippen LogP contribution in [0.4, 0.5) is 10.5 Å². The average molecular weight is 302 g/mol. The lowest BCUT2D eigenvalue weighted by molar-refractivity contribution is 0.149. The van der Waals surface area contributed by atoms with Gasteiger partial charge < -0.3 is 19.5 Å². The Morgan fingerprint density at radius 3 is 2.55 bits per heavy atom. The summed E-state index contributed by atoms with van der Waals surface area (Å²) in [4.78, 5) is 18.2. The van der Waals surface area contributed by atoms with Crippen molar-refractivity contribution in [1.29, 1.82) is 0 Å². The third-order valence-corrected chi connectivity index (χ3v) is 3.40. The molecule has 1 unspecified atom stereocenters. The number of anilines is 1. The van der Waals surface area contributed by atoms with Crippen molar-refractivity contribution in [3.8, 4) is 0 Å². The third-order valence-electron chi connectivity index (χ3n) is 3.40. The molecule has 6 nitrogen and oxygen atoms in total. The Kier molecular flexibility index (Phi) is 5.04. The van der Waals surface area contributed by atoms with Gasteiger partial charge in [-0.15, -0.1) is 0 Å². The topological polar surface area (TPSA) is 59.4 Å². The molecule has 0 radical (unpaired) electrons. The lowest BCUT2D eigenvalue weighted by Crippen LogP contribution is -2.31. The second-order valence-corrected chi connectivity index (χ2v) is 5.18. The van der Waals surface area contributed by atoms with Crippen molar-refractivity contribution in [3.05, 3.63) is 48.0 Å². The molecule has 6 heteroatoms. The number of hydrogen-bond donors (Lipinski definition) is 1. The summed E-state index contributed by atoms with van der Waals surface area (Å²) in [5.41, 5.74) is 2.05. The summed E-state index contributed by atoms with van der Waals surface area (Å²) in [7, 11) is 5.88. The molecule has 2 aromatic rings. The second kappa shape index (κ2) is 6.98. The van der Waals surface area contributed by atoms with Crippen molar-refractivity contribution < 1.29 is 9.53 Å². The smallest absolute Gasteiger partial charge is 0.407 e. The van der Waals surface area contributed by atoms with Crippen molar-refractivity contribution in [2.45, 2.75) is 13.0 Å². The molecule has 1 heterocycles. The molecule has 1 amide bonds. The highest BCUT2D eigenvalue weighted by molar-refractivity contribution is 5.68. The molecule has 0 saturated carbocycles. The molecule has 0 aliphatic rings. The Balaban J connectivity index is 2.31. The first-order chi connectivity index (χ1) is 10.5. The highest BCUT2D eigenvalue weighted by Crippen LogP contribution is 2.23. The van der Waals surface area contributed by atoms with Gasteiger partial charge in [0.2, 0.25) is 0 Å². The zero-order chi connectivity index (χ0) is 16.1. The quantitative estimate of drug-likeness (QED) is 0.921. The van der Waals surface area contributed by atoms with Crippen LogP contribution in [-0.4, -0.2) is 36.3 Å². The summed E-state index contributed by atoms with van der Waals surface area (Å²) in [5, 5.41) is 2.87. The second-order valence-electron chi connectivity index (χ2n) is 5.18. The van der Waals surface area contributed by atoms with E-state index in [1.807, 2.05) is 61.1 Å². The molecule has 1 atom stereocenters. The van der Waals surface area contributed by atoms with Crippen molar-refractivity contribution in [2.75, 3.05) is 25.6 Å². The first-order valence-corrected chi connectivity index (χ1v) is 7.20. The highest BCUT2D eigenvalue weighted by atomic mass is 16.5. The number of hydrogen-bond acceptors (Lipinski definition) is 4. The fraction of sp³-hybridized carbons (Fsp3) is 0.375. The summed E-state index contributed by atoms with van der Waals surface area (Å²) >= 11 is 0. The predicted octanol–water partition coefficient (Wildman–Crippen LogP) is 2.32. The van der Waals surface area contributed by atoms with Gasteiger partial charge in [0.25, 0.3) is 0 Å². The van der Waals surface area contributed by atoms with E-state index in [1.54, 1.807) is 13.1 Å². The van der Waals surface area contributed by atoms with Crippen LogP contribution in [0.15, 0.2) is 36.7 Å². The van der Waals surface area contributed by atoms with Crippen LogP contribution < -0.4 is 10.2 Å². The maximum atomic E-state index is 11.8. The van der Waals surface area contributed by atoms with Gasteiger partial charge in [-0.05, 0) is 24.6 Å². The molecule has 1 aromatic carbocycles. The molecule has 0 aliphatic heterocycles. The molecule has 0 spiro atoms. The summed E-state index contributed by atoms with van der Waals surface area (Å²) in [6, 6.07) is 7.65. The fourth-order valence-electron chi connectivity index (χ4n) is 2.21. The Labute approximate surface area is 130 Å². The number of aromatic nitrogens is 2. The number of nitrogens with one attached hydrogen (secondary N) is 1. The molecular weight excluding hydrogens is 280 g/mol. The molecule has 0 bridgehead atoms. The minimum atomic E-state index is -0.452. The molecule has 118 valence electrons. The van der Waals surface area contributed by atoms with Crippen LogP contribution in [0.2, 0.25) is 0 Å². The molecule has 0 fully saturated rings. The van der Waals surface area contributed by atoms with Gasteiger partial charge in [0, 0.05) is 39.2 Å². The van der Waals surface area contributed by atoms with Crippen LogP contribution in [-0.2, 0) is 11.8 Å². The summed E-state index contributed by atoms with van der Waals surface area (Å²) in [5.74, 6) is 0.755. The van der Waals surface area contributed by atoms with Crippen molar-refractivity contribution >= 4 is 11.8 Å². The number of carbonyl (C=O) groups excluding carboxylic acids is 1. The highest BCUT2D eigenvalue weighted by Gasteiger charge is 2.21. The van der Waals surface area contributed by atoms with E-state index >= 15 is 0 Å². The molecule has 1 aromatic heterocycles. The Bertz CT molecular complexity index is 619. The molecule has 1 N–H and O–H groups in total. The first kappa shape index (κ1) is 15.9. The summed E-state index contributed by atoms with van der Waals surface area (Å²) < 4.78 is 6.88. The number of nitrogens with zero attached hydrogens (tertiary/aromatic N) is 3. The van der Waals surface area contributed by atoms with Gasteiger partial charge >= 0.3 is 6.09 Å². The molecule has 0 aliphatic carbocycles. The number of ether oxygens (including phenoxy) is 1. The number of aryl methyl sites for hydroxylation is 1. The zero-order valence-electron chi connectivity index (χ0n) is 13.4. The van der Waals surface area contributed by atoms with Gasteiger partial charge in [-0.25, -0.2) is 9.78 Å². The normalized spacial score (nSPS) is 11.8. The molecular formula is C16H22N4O2. The fourth-order valence-corrected chi connectivity index (χ4v) is 2.21. The average Bonchev–Trinajstić information content (AvgIpc) is 2.91. The van der Waals surface area contributed by atoms with Gasteiger partial charge in [0.1, 0.15) is 11.9 Å². The van der Waals surface area contributed by atoms with Crippen LogP contribution >= 0.6 is 0 Å². The van der Waals surface area contributed by atoms with Crippen molar-refractivity contribution in [2.24, 2.45) is 7.05 Å². The Morgan fingerprint density at radius 1 is 1.36 bits per heavy atom. The lowest BCUT2D eigenvalue weighted by atomic mass is 10.1. The maximum absolute atomic E-state index is 11.8. The number of rotatable bonds is 5. The minimum absolute atomic E-state index is 0.332. The number of amides is 1. The molecule has 2 rings (SSSR count). The van der Waals surface area contributed by atoms with E-state index in [9.17, 15) is 4.79 Å². The van der Waals surface area contributed by atoms with Gasteiger partial charge in [-0.2, -0.15) is 0 Å². The minimum Gasteiger partial charge on any atom is -0.450 e. The van der Waals surface area contributed by atoms with Gasteiger partial charge in [0.05, 0.1) is 6.61 Å². The summed E-state index contributed by atoms with van der Waals surface area (Å²) in [6.45, 7) is 2.11. The summed E-state index contributed by atoms with van der Waals surface area (Å²) in [6.07, 6.45) is 3.11. The van der Waals surface area contributed by atoms with Gasteiger partial charge in [-0.3, -0.25) is 0 Å². The number of benzene rings is 1. The van der Waals surface area contributed by atoms with E-state index in [0.717, 1.165) is 17.1 Å². The number of alkyl carbamates (subject to hydrolysis) is 1. The first-order valence-electron chi connectivity index (χ1n) is 7.20. The van der Waals surface area contributed by atoms with Crippen LogP contribution in [0, 0.1) is 0 Å². The zero-order valence-corrected chi connectivity index (χ0v) is 13.4. The van der Waals surface area contributed by atoms with E-state index in [4.69, 9.17) is 4.74 Å². The Hall–Kier alpha value is -2.50. The van der Waals surface area contributed by atoms with E-state index in [0.29, 0.717) is 6.61 Å². The maximum Gasteiger partial charge on any atom is 0.407 e. The number of imidazole rings is 1. The van der Waals surface area contributed by atoms with E-state index in [-0.39, 0.29) is 6.04 Å². The van der Waals surface area contributed by atoms with Crippen molar-refractivity contribution in [1.82, 2.24) is 14.9 Å². The molecule has 0 saturated heterocycles. The van der Waals surface area contributed by atoms with E-state index in [1.165, 1.54) is 0 Å². The lowest BCUT2D eigenvalue weighted by Gasteiger charge is -2.20. The number of carbonyl (C=O) groups is 1. The standard InChI is InChI=1S/C16H22N4O2/c1-5-22-16(21)18-14(15-17-10-11-20(15)4)12-6-8-13(9-7-12)19(2)3/h6-11,14H,5H2,1-4H3,(H,18,21). The SMILES string of the molecule is CCOC(=O)NC(c1ccc(N(C)C)cc1)c1nccn1C. The van der Waals surface area contributed by atoms with E-state index in [2.05, 4.69) is 10.3 Å². The van der Waals surface area contributed by atoms with Crippen molar-refractivity contribution in [3.63, 3.8) is 0 Å².